The SMILES string of the molecule is O=c1cc(CSCc2nc(-c3ccccc3)no2)nc2ccccn12. The van der Waals surface area contributed by atoms with Crippen molar-refractivity contribution in [3.05, 3.63) is 82.7 Å². The molecule has 25 heavy (non-hydrogen) atoms. The molecular weight excluding hydrogens is 336 g/mol. The molecule has 0 radical (unpaired) electrons. The molecule has 0 saturated carbocycles. The molecule has 124 valence electrons. The van der Waals surface area contributed by atoms with Gasteiger partial charge in [0, 0.05) is 23.6 Å². The molecule has 0 amide bonds. The summed E-state index contributed by atoms with van der Waals surface area (Å²) < 4.78 is 6.81. The van der Waals surface area contributed by atoms with Crippen LogP contribution in [0.15, 0.2) is 70.1 Å². The van der Waals surface area contributed by atoms with Crippen molar-refractivity contribution >= 4 is 17.4 Å². The van der Waals surface area contributed by atoms with Crippen LogP contribution >= 0.6 is 11.8 Å². The molecule has 0 fully saturated rings. The van der Waals surface area contributed by atoms with Crippen LogP contribution < -0.4 is 5.56 Å². The Bertz CT molecular complexity index is 1060. The van der Waals surface area contributed by atoms with Crippen LogP contribution in [0.5, 0.6) is 0 Å². The van der Waals surface area contributed by atoms with Gasteiger partial charge >= 0.3 is 0 Å². The number of aromatic nitrogens is 4. The van der Waals surface area contributed by atoms with E-state index < -0.39 is 0 Å². The minimum atomic E-state index is -0.0784. The third-order valence-corrected chi connectivity index (χ3v) is 4.55. The van der Waals surface area contributed by atoms with Gasteiger partial charge in [-0.2, -0.15) is 4.98 Å². The average molecular weight is 350 g/mol. The van der Waals surface area contributed by atoms with Crippen LogP contribution in [0.25, 0.3) is 17.0 Å². The number of fused-ring (bicyclic) bond motifs is 1. The predicted octanol–water partition coefficient (Wildman–Crippen LogP) is 3.18. The number of pyridine rings is 1. The smallest absolute Gasteiger partial charge is 0.258 e. The Balaban J connectivity index is 1.43. The van der Waals surface area contributed by atoms with Crippen LogP contribution in [0.4, 0.5) is 0 Å². The van der Waals surface area contributed by atoms with Gasteiger partial charge in [-0.15, -0.1) is 11.8 Å². The van der Waals surface area contributed by atoms with E-state index in [1.54, 1.807) is 24.0 Å². The number of hydrogen-bond acceptors (Lipinski definition) is 6. The molecule has 0 unspecified atom stereocenters. The monoisotopic (exact) mass is 350 g/mol. The van der Waals surface area contributed by atoms with Crippen LogP contribution in [0.2, 0.25) is 0 Å². The first kappa shape index (κ1) is 15.6. The average Bonchev–Trinajstić information content (AvgIpc) is 3.12. The maximum Gasteiger partial charge on any atom is 0.258 e. The molecule has 3 aromatic heterocycles. The van der Waals surface area contributed by atoms with E-state index in [4.69, 9.17) is 4.52 Å². The molecule has 0 aliphatic heterocycles. The Kier molecular flexibility index (Phi) is 4.30. The van der Waals surface area contributed by atoms with Gasteiger partial charge in [0.1, 0.15) is 5.65 Å². The van der Waals surface area contributed by atoms with Gasteiger partial charge in [-0.05, 0) is 12.1 Å². The highest BCUT2D eigenvalue weighted by Gasteiger charge is 2.09. The van der Waals surface area contributed by atoms with Crippen LogP contribution in [0.1, 0.15) is 11.6 Å². The van der Waals surface area contributed by atoms with Gasteiger partial charge in [0.2, 0.25) is 11.7 Å². The summed E-state index contributed by atoms with van der Waals surface area (Å²) in [6.07, 6.45) is 1.71. The molecule has 0 aliphatic rings. The maximum absolute atomic E-state index is 12.1. The summed E-state index contributed by atoms with van der Waals surface area (Å²) in [6, 6.07) is 16.7. The normalized spacial score (nSPS) is 11.0. The third-order valence-electron chi connectivity index (χ3n) is 3.60. The number of benzene rings is 1. The third kappa shape index (κ3) is 3.46. The minimum Gasteiger partial charge on any atom is -0.338 e. The van der Waals surface area contributed by atoms with Crippen molar-refractivity contribution in [2.45, 2.75) is 11.5 Å². The fourth-order valence-corrected chi connectivity index (χ4v) is 3.19. The van der Waals surface area contributed by atoms with Gasteiger partial charge in [-0.3, -0.25) is 9.20 Å². The Hall–Kier alpha value is -2.93. The molecule has 3 heterocycles. The molecule has 0 aliphatic carbocycles. The lowest BCUT2D eigenvalue weighted by molar-refractivity contribution is 0.391. The Morgan fingerprint density at radius 1 is 1.00 bits per heavy atom. The van der Waals surface area contributed by atoms with Crippen molar-refractivity contribution in [2.75, 3.05) is 0 Å². The lowest BCUT2D eigenvalue weighted by atomic mass is 10.2. The van der Waals surface area contributed by atoms with E-state index in [-0.39, 0.29) is 5.56 Å². The predicted molar refractivity (Wildman–Crippen MR) is 96.2 cm³/mol. The molecule has 0 spiro atoms. The summed E-state index contributed by atoms with van der Waals surface area (Å²) in [6.45, 7) is 0. The van der Waals surface area contributed by atoms with Crippen LogP contribution in [-0.4, -0.2) is 19.5 Å². The molecule has 0 saturated heterocycles. The largest absolute Gasteiger partial charge is 0.338 e. The standard InChI is InChI=1S/C18H14N4O2S/c23-17-10-14(19-15-8-4-5-9-22(15)17)11-25-12-16-20-18(21-24-16)13-6-2-1-3-7-13/h1-10H,11-12H2. The van der Waals surface area contributed by atoms with Gasteiger partial charge in [-0.25, -0.2) is 4.98 Å². The maximum atomic E-state index is 12.1. The van der Waals surface area contributed by atoms with Gasteiger partial charge < -0.3 is 4.52 Å². The van der Waals surface area contributed by atoms with Crippen molar-refractivity contribution in [3.63, 3.8) is 0 Å². The van der Waals surface area contributed by atoms with E-state index >= 15 is 0 Å². The van der Waals surface area contributed by atoms with E-state index in [0.717, 1.165) is 11.3 Å². The van der Waals surface area contributed by atoms with Crippen molar-refractivity contribution in [1.82, 2.24) is 19.5 Å². The molecule has 0 bridgehead atoms. The zero-order valence-electron chi connectivity index (χ0n) is 13.2. The fourth-order valence-electron chi connectivity index (χ4n) is 2.44. The first-order valence-corrected chi connectivity index (χ1v) is 8.88. The van der Waals surface area contributed by atoms with Crippen LogP contribution in [0, 0.1) is 0 Å². The van der Waals surface area contributed by atoms with Gasteiger partial charge in [0.25, 0.3) is 5.56 Å². The second-order valence-corrected chi connectivity index (χ2v) is 6.37. The molecule has 4 aromatic rings. The summed E-state index contributed by atoms with van der Waals surface area (Å²) in [7, 11) is 0. The highest BCUT2D eigenvalue weighted by atomic mass is 32.2. The van der Waals surface area contributed by atoms with E-state index in [1.165, 1.54) is 4.40 Å². The zero-order chi connectivity index (χ0) is 17.1. The molecule has 6 nitrogen and oxygen atoms in total. The van der Waals surface area contributed by atoms with Crippen LogP contribution in [-0.2, 0) is 11.5 Å². The molecular formula is C18H14N4O2S. The molecule has 0 N–H and O–H groups in total. The van der Waals surface area contributed by atoms with E-state index in [2.05, 4.69) is 15.1 Å². The summed E-state index contributed by atoms with van der Waals surface area (Å²) in [4.78, 5) is 21.0. The fraction of sp³-hybridized carbons (Fsp3) is 0.111. The highest BCUT2D eigenvalue weighted by Crippen LogP contribution is 2.19. The number of thioether (sulfide) groups is 1. The molecule has 7 heteroatoms. The first-order chi connectivity index (χ1) is 12.3. The summed E-state index contributed by atoms with van der Waals surface area (Å²) in [5, 5.41) is 4.00. The second kappa shape index (κ2) is 6.90. The van der Waals surface area contributed by atoms with E-state index in [0.29, 0.717) is 28.9 Å². The van der Waals surface area contributed by atoms with Crippen molar-refractivity contribution < 1.29 is 4.52 Å². The van der Waals surface area contributed by atoms with Crippen LogP contribution in [0.3, 0.4) is 0 Å². The number of hydrogen-bond donors (Lipinski definition) is 0. The topological polar surface area (TPSA) is 73.3 Å². The van der Waals surface area contributed by atoms with Crippen molar-refractivity contribution in [2.24, 2.45) is 0 Å². The Labute approximate surface area is 147 Å². The summed E-state index contributed by atoms with van der Waals surface area (Å²) >= 11 is 1.58. The Morgan fingerprint density at radius 2 is 1.84 bits per heavy atom. The number of nitrogens with zero attached hydrogens (tertiary/aromatic N) is 4. The Morgan fingerprint density at radius 3 is 2.72 bits per heavy atom. The van der Waals surface area contributed by atoms with Gasteiger partial charge in [0.15, 0.2) is 0 Å². The first-order valence-electron chi connectivity index (χ1n) is 7.73. The zero-order valence-corrected chi connectivity index (χ0v) is 14.0. The molecule has 0 atom stereocenters. The van der Waals surface area contributed by atoms with Crippen molar-refractivity contribution in [1.29, 1.82) is 0 Å². The number of rotatable bonds is 5. The van der Waals surface area contributed by atoms with E-state index in [1.807, 2.05) is 48.5 Å². The lowest BCUT2D eigenvalue weighted by Gasteiger charge is -2.02. The quantitative estimate of drug-likeness (QED) is 0.550. The summed E-state index contributed by atoms with van der Waals surface area (Å²) in [5.74, 6) is 2.30. The second-order valence-electron chi connectivity index (χ2n) is 5.39. The molecule has 1 aromatic carbocycles. The van der Waals surface area contributed by atoms with Crippen molar-refractivity contribution in [3.8, 4) is 11.4 Å². The highest BCUT2D eigenvalue weighted by molar-refractivity contribution is 7.97. The van der Waals surface area contributed by atoms with Gasteiger partial charge in [-0.1, -0.05) is 41.6 Å². The minimum absolute atomic E-state index is 0.0784. The summed E-state index contributed by atoms with van der Waals surface area (Å²) in [5.41, 5.74) is 2.23. The lowest BCUT2D eigenvalue weighted by Crippen LogP contribution is -2.14. The van der Waals surface area contributed by atoms with E-state index in [9.17, 15) is 4.79 Å². The molecule has 4 rings (SSSR count). The van der Waals surface area contributed by atoms with Gasteiger partial charge in [0.05, 0.1) is 11.4 Å².